The van der Waals surface area contributed by atoms with Gasteiger partial charge in [0.2, 0.25) is 0 Å². The Morgan fingerprint density at radius 1 is 1.21 bits per heavy atom. The number of fused-ring (bicyclic) bond motifs is 1. The number of amides is 1. The van der Waals surface area contributed by atoms with Gasteiger partial charge in [0, 0.05) is 12.8 Å². The van der Waals surface area contributed by atoms with E-state index >= 15 is 0 Å². The Morgan fingerprint density at radius 3 is 2.68 bits per heavy atom. The molecule has 0 unspecified atom stereocenters. The van der Waals surface area contributed by atoms with Gasteiger partial charge in [0.15, 0.2) is 0 Å². The first kappa shape index (κ1) is 12.4. The molecule has 4 nitrogen and oxygen atoms in total. The molecule has 0 saturated carbocycles. The molecule has 2 aliphatic heterocycles. The fourth-order valence-corrected chi connectivity index (χ4v) is 3.03. The number of rotatable bonds is 3. The van der Waals surface area contributed by atoms with E-state index in [4.69, 9.17) is 0 Å². The highest BCUT2D eigenvalue weighted by Gasteiger charge is 2.36. The number of hydrogen-bond acceptors (Lipinski definition) is 2. The summed E-state index contributed by atoms with van der Waals surface area (Å²) in [6.45, 7) is 5.91. The zero-order chi connectivity index (χ0) is 13.4. The number of quaternary nitrogens is 1. The number of carbonyl (C=O) groups excluding carboxylic acids is 2. The van der Waals surface area contributed by atoms with Crippen molar-refractivity contribution in [2.75, 3.05) is 31.1 Å². The zero-order valence-corrected chi connectivity index (χ0v) is 11.2. The van der Waals surface area contributed by atoms with Crippen molar-refractivity contribution in [3.05, 3.63) is 29.3 Å². The number of likely N-dealkylation sites (tertiary alicyclic amines) is 1. The van der Waals surface area contributed by atoms with Crippen molar-refractivity contribution in [1.82, 2.24) is 0 Å². The van der Waals surface area contributed by atoms with E-state index in [1.165, 1.54) is 25.9 Å². The second-order valence-corrected chi connectivity index (χ2v) is 5.51. The number of nitrogens with one attached hydrogen (secondary N) is 1. The summed E-state index contributed by atoms with van der Waals surface area (Å²) in [6.07, 6.45) is 2.55. The molecule has 3 rings (SSSR count). The molecule has 1 aromatic rings. The van der Waals surface area contributed by atoms with E-state index < -0.39 is 0 Å². The molecule has 2 heterocycles. The number of benzene rings is 1. The summed E-state index contributed by atoms with van der Waals surface area (Å²) >= 11 is 0. The molecular weight excluding hydrogens is 240 g/mol. The first-order valence-corrected chi connectivity index (χ1v) is 6.97. The second kappa shape index (κ2) is 4.78. The van der Waals surface area contributed by atoms with Crippen molar-refractivity contribution >= 4 is 17.4 Å². The van der Waals surface area contributed by atoms with Crippen LogP contribution in [0, 0.1) is 6.92 Å². The van der Waals surface area contributed by atoms with Gasteiger partial charge in [0.05, 0.1) is 37.4 Å². The van der Waals surface area contributed by atoms with Crippen LogP contribution in [-0.2, 0) is 4.79 Å². The van der Waals surface area contributed by atoms with Crippen LogP contribution in [0.5, 0.6) is 0 Å². The number of Topliss-reactive ketones (excluding diaryl/α,β-unsaturated/α-hetero) is 1. The quantitative estimate of drug-likeness (QED) is 0.788. The highest BCUT2D eigenvalue weighted by Crippen LogP contribution is 2.29. The minimum absolute atomic E-state index is 0.352. The Labute approximate surface area is 113 Å². The number of carbonyl (C=O) groups is 2. The van der Waals surface area contributed by atoms with Crippen LogP contribution in [0.15, 0.2) is 18.2 Å². The Hall–Kier alpha value is -1.68. The van der Waals surface area contributed by atoms with Crippen LogP contribution >= 0.6 is 0 Å². The van der Waals surface area contributed by atoms with E-state index in [1.54, 1.807) is 9.80 Å². The van der Waals surface area contributed by atoms with Gasteiger partial charge >= 0.3 is 0 Å². The standard InChI is InChI=1S/C15H18N2O2/c1-11-4-5-13-12(10-11)14(18)15(19)17(13)9-8-16-6-2-3-7-16/h4-5,10H,2-3,6-9H2,1H3/p+1. The SMILES string of the molecule is Cc1ccc2c(c1)C(=O)C(=O)N2CC[NH+]1CCCC1. The number of aryl methyl sites for hydroxylation is 1. The largest absolute Gasteiger partial charge is 0.333 e. The van der Waals surface area contributed by atoms with Gasteiger partial charge in [-0.05, 0) is 19.1 Å². The topological polar surface area (TPSA) is 41.8 Å². The van der Waals surface area contributed by atoms with Gasteiger partial charge in [-0.1, -0.05) is 11.6 Å². The number of hydrogen-bond donors (Lipinski definition) is 1. The van der Waals surface area contributed by atoms with Crippen molar-refractivity contribution in [2.45, 2.75) is 19.8 Å². The van der Waals surface area contributed by atoms with E-state index in [9.17, 15) is 9.59 Å². The number of ketones is 1. The monoisotopic (exact) mass is 259 g/mol. The molecule has 0 aliphatic carbocycles. The van der Waals surface area contributed by atoms with E-state index in [0.29, 0.717) is 12.1 Å². The predicted octanol–water partition coefficient (Wildman–Crippen LogP) is 0.203. The Morgan fingerprint density at radius 2 is 1.95 bits per heavy atom. The van der Waals surface area contributed by atoms with Crippen LogP contribution in [0.1, 0.15) is 28.8 Å². The molecule has 2 aliphatic rings. The molecular formula is C15H19N2O2+. The Bertz CT molecular complexity index is 533. The van der Waals surface area contributed by atoms with E-state index in [1.807, 2.05) is 25.1 Å². The lowest BCUT2D eigenvalue weighted by atomic mass is 10.1. The molecule has 0 aromatic heterocycles. The smallest absolute Gasteiger partial charge is 0.299 e. The average Bonchev–Trinajstić information content (AvgIpc) is 2.98. The molecule has 1 N–H and O–H groups in total. The summed E-state index contributed by atoms with van der Waals surface area (Å²) in [6, 6.07) is 5.67. The van der Waals surface area contributed by atoms with Gasteiger partial charge in [0.25, 0.3) is 11.7 Å². The van der Waals surface area contributed by atoms with Crippen molar-refractivity contribution in [1.29, 1.82) is 0 Å². The Balaban J connectivity index is 1.78. The number of anilines is 1. The lowest BCUT2D eigenvalue weighted by Crippen LogP contribution is -3.10. The summed E-state index contributed by atoms with van der Waals surface area (Å²) in [4.78, 5) is 27.2. The van der Waals surface area contributed by atoms with E-state index in [0.717, 1.165) is 17.8 Å². The van der Waals surface area contributed by atoms with Crippen molar-refractivity contribution in [3.8, 4) is 0 Å². The Kier molecular flexibility index (Phi) is 3.11. The zero-order valence-electron chi connectivity index (χ0n) is 11.2. The van der Waals surface area contributed by atoms with Crippen molar-refractivity contribution < 1.29 is 14.5 Å². The fourth-order valence-electron chi connectivity index (χ4n) is 3.03. The molecule has 4 heteroatoms. The maximum absolute atomic E-state index is 12.0. The van der Waals surface area contributed by atoms with Crippen molar-refractivity contribution in [3.63, 3.8) is 0 Å². The third-order valence-corrected chi connectivity index (χ3v) is 4.13. The van der Waals surface area contributed by atoms with Crippen LogP contribution in [0.3, 0.4) is 0 Å². The minimum Gasteiger partial charge on any atom is -0.333 e. The summed E-state index contributed by atoms with van der Waals surface area (Å²) in [7, 11) is 0. The van der Waals surface area contributed by atoms with Gasteiger partial charge in [-0.15, -0.1) is 0 Å². The molecule has 1 amide bonds. The third kappa shape index (κ3) is 2.16. The normalized spacial score (nSPS) is 19.3. The van der Waals surface area contributed by atoms with Crippen LogP contribution in [0.4, 0.5) is 5.69 Å². The highest BCUT2D eigenvalue weighted by atomic mass is 16.2. The van der Waals surface area contributed by atoms with Gasteiger partial charge in [-0.3, -0.25) is 14.5 Å². The lowest BCUT2D eigenvalue weighted by molar-refractivity contribution is -0.885. The first-order chi connectivity index (χ1) is 9.16. The van der Waals surface area contributed by atoms with Crippen LogP contribution in [0.25, 0.3) is 0 Å². The molecule has 100 valence electrons. The maximum Gasteiger partial charge on any atom is 0.299 e. The van der Waals surface area contributed by atoms with Gasteiger partial charge in [-0.2, -0.15) is 0 Å². The molecule has 1 fully saturated rings. The maximum atomic E-state index is 12.0. The van der Waals surface area contributed by atoms with Crippen LogP contribution < -0.4 is 9.80 Å². The summed E-state index contributed by atoms with van der Waals surface area (Å²) in [5, 5.41) is 0. The van der Waals surface area contributed by atoms with Gasteiger partial charge in [0.1, 0.15) is 0 Å². The highest BCUT2D eigenvalue weighted by molar-refractivity contribution is 6.52. The van der Waals surface area contributed by atoms with Crippen molar-refractivity contribution in [2.24, 2.45) is 0 Å². The molecule has 0 atom stereocenters. The third-order valence-electron chi connectivity index (χ3n) is 4.13. The van der Waals surface area contributed by atoms with Crippen LogP contribution in [0.2, 0.25) is 0 Å². The minimum atomic E-state index is -0.362. The average molecular weight is 259 g/mol. The van der Waals surface area contributed by atoms with E-state index in [-0.39, 0.29) is 11.7 Å². The summed E-state index contributed by atoms with van der Waals surface area (Å²) < 4.78 is 0. The molecule has 0 bridgehead atoms. The predicted molar refractivity (Wildman–Crippen MR) is 72.7 cm³/mol. The van der Waals surface area contributed by atoms with E-state index in [2.05, 4.69) is 0 Å². The molecule has 0 spiro atoms. The van der Waals surface area contributed by atoms with Gasteiger partial charge in [-0.25, -0.2) is 0 Å². The van der Waals surface area contributed by atoms with Gasteiger partial charge < -0.3 is 4.90 Å². The summed E-state index contributed by atoms with van der Waals surface area (Å²) in [5.74, 6) is -0.714. The molecule has 19 heavy (non-hydrogen) atoms. The first-order valence-electron chi connectivity index (χ1n) is 6.97. The second-order valence-electron chi connectivity index (χ2n) is 5.51. The lowest BCUT2D eigenvalue weighted by Gasteiger charge is -2.19. The fraction of sp³-hybridized carbons (Fsp3) is 0.467. The molecule has 0 radical (unpaired) electrons. The number of nitrogens with zero attached hydrogens (tertiary/aromatic N) is 1. The van der Waals surface area contributed by atoms with Crippen LogP contribution in [-0.4, -0.2) is 37.9 Å². The molecule has 1 saturated heterocycles. The molecule has 1 aromatic carbocycles. The summed E-state index contributed by atoms with van der Waals surface area (Å²) in [5.41, 5.74) is 2.38.